The Morgan fingerprint density at radius 2 is 1.81 bits per heavy atom. The number of aryl methyl sites for hydroxylation is 2. The van der Waals surface area contributed by atoms with Crippen LogP contribution >= 0.6 is 38.9 Å². The Balaban J connectivity index is 2.41. The van der Waals surface area contributed by atoms with Gasteiger partial charge in [0.1, 0.15) is 0 Å². The van der Waals surface area contributed by atoms with Gasteiger partial charge in [0.15, 0.2) is 0 Å². The molecule has 1 atom stereocenters. The molecule has 0 N–H and O–H groups in total. The summed E-state index contributed by atoms with van der Waals surface area (Å²) in [4.78, 5) is 1.17. The third-order valence-corrected chi connectivity index (χ3v) is 4.95. The predicted molar refractivity (Wildman–Crippen MR) is 75.6 cm³/mol. The van der Waals surface area contributed by atoms with Gasteiger partial charge in [0.2, 0.25) is 0 Å². The highest BCUT2D eigenvalue weighted by molar-refractivity contribution is 9.10. The number of rotatable bonds is 2. The molecule has 3 heteroatoms. The van der Waals surface area contributed by atoms with E-state index < -0.39 is 0 Å². The van der Waals surface area contributed by atoms with E-state index in [4.69, 9.17) is 11.6 Å². The molecule has 0 radical (unpaired) electrons. The van der Waals surface area contributed by atoms with Crippen molar-refractivity contribution in [1.82, 2.24) is 0 Å². The number of thiophene rings is 1. The lowest BCUT2D eigenvalue weighted by Gasteiger charge is -2.11. The second-order valence-electron chi connectivity index (χ2n) is 3.92. The first-order chi connectivity index (χ1) is 7.58. The number of benzene rings is 1. The summed E-state index contributed by atoms with van der Waals surface area (Å²) < 4.78 is 1.09. The lowest BCUT2D eigenvalue weighted by atomic mass is 10.0. The minimum Gasteiger partial charge on any atom is -0.146 e. The summed E-state index contributed by atoms with van der Waals surface area (Å²) in [7, 11) is 0. The van der Waals surface area contributed by atoms with E-state index in [0.717, 1.165) is 4.47 Å². The summed E-state index contributed by atoms with van der Waals surface area (Å²) in [5.74, 6) is 0. The molecule has 0 aliphatic rings. The largest absolute Gasteiger partial charge is 0.146 e. The third-order valence-electron chi connectivity index (χ3n) is 2.41. The molecule has 84 valence electrons. The Morgan fingerprint density at radius 1 is 1.19 bits per heavy atom. The smallest absolute Gasteiger partial charge is 0.0939 e. The van der Waals surface area contributed by atoms with Crippen molar-refractivity contribution in [2.24, 2.45) is 0 Å². The summed E-state index contributed by atoms with van der Waals surface area (Å²) >= 11 is 11.7. The predicted octanol–water partition coefficient (Wildman–Crippen LogP) is 5.46. The average Bonchev–Trinajstić information content (AvgIpc) is 2.62. The lowest BCUT2D eigenvalue weighted by Crippen LogP contribution is -1.93. The molecule has 0 amide bonds. The molecule has 2 aromatic rings. The van der Waals surface area contributed by atoms with Gasteiger partial charge in [-0.05, 0) is 46.8 Å². The summed E-state index contributed by atoms with van der Waals surface area (Å²) in [5, 5.41) is 1.99. The zero-order valence-electron chi connectivity index (χ0n) is 9.13. The fourth-order valence-electron chi connectivity index (χ4n) is 1.79. The Labute approximate surface area is 113 Å². The van der Waals surface area contributed by atoms with E-state index in [1.807, 2.05) is 6.07 Å². The number of hydrogen-bond donors (Lipinski definition) is 0. The van der Waals surface area contributed by atoms with Crippen molar-refractivity contribution in [3.63, 3.8) is 0 Å². The molecular formula is C13H12BrClS. The molecule has 0 saturated heterocycles. The molecule has 0 spiro atoms. The maximum Gasteiger partial charge on any atom is 0.0939 e. The summed E-state index contributed by atoms with van der Waals surface area (Å²) in [6.07, 6.45) is 0. The van der Waals surface area contributed by atoms with Crippen LogP contribution in [0.5, 0.6) is 0 Å². The van der Waals surface area contributed by atoms with E-state index in [-0.39, 0.29) is 5.38 Å². The average molecular weight is 316 g/mol. The first kappa shape index (κ1) is 12.2. The van der Waals surface area contributed by atoms with Crippen molar-refractivity contribution in [2.45, 2.75) is 19.2 Å². The minimum absolute atomic E-state index is 0.0621. The SMILES string of the molecule is Cc1cc(C)cc(C(Cl)c2sccc2Br)c1. The van der Waals surface area contributed by atoms with Crippen molar-refractivity contribution in [3.8, 4) is 0 Å². The van der Waals surface area contributed by atoms with Crippen LogP contribution in [-0.4, -0.2) is 0 Å². The molecule has 1 aromatic heterocycles. The van der Waals surface area contributed by atoms with Crippen LogP contribution in [-0.2, 0) is 0 Å². The molecule has 1 unspecified atom stereocenters. The number of halogens is 2. The Hall–Kier alpha value is -0.310. The van der Waals surface area contributed by atoms with Crippen molar-refractivity contribution < 1.29 is 0 Å². The van der Waals surface area contributed by atoms with Gasteiger partial charge in [0.05, 0.1) is 5.38 Å². The molecule has 0 saturated carbocycles. The molecule has 0 fully saturated rings. The zero-order chi connectivity index (χ0) is 11.7. The topological polar surface area (TPSA) is 0 Å². The van der Waals surface area contributed by atoms with Crippen molar-refractivity contribution in [1.29, 1.82) is 0 Å². The molecule has 16 heavy (non-hydrogen) atoms. The van der Waals surface area contributed by atoms with E-state index in [2.05, 4.69) is 53.4 Å². The van der Waals surface area contributed by atoms with Crippen LogP contribution in [0.4, 0.5) is 0 Å². The molecule has 0 aliphatic heterocycles. The van der Waals surface area contributed by atoms with E-state index >= 15 is 0 Å². The van der Waals surface area contributed by atoms with Crippen LogP contribution in [0.2, 0.25) is 0 Å². The highest BCUT2D eigenvalue weighted by atomic mass is 79.9. The van der Waals surface area contributed by atoms with Crippen LogP contribution in [0.3, 0.4) is 0 Å². The Kier molecular flexibility index (Phi) is 3.73. The van der Waals surface area contributed by atoms with Crippen LogP contribution in [0.1, 0.15) is 26.9 Å². The summed E-state index contributed by atoms with van der Waals surface area (Å²) in [6.45, 7) is 4.20. The van der Waals surface area contributed by atoms with Gasteiger partial charge in [0.25, 0.3) is 0 Å². The molecule has 2 rings (SSSR count). The van der Waals surface area contributed by atoms with Crippen LogP contribution < -0.4 is 0 Å². The zero-order valence-corrected chi connectivity index (χ0v) is 12.3. The second-order valence-corrected chi connectivity index (χ2v) is 6.15. The van der Waals surface area contributed by atoms with E-state index in [0.29, 0.717) is 0 Å². The molecule has 0 nitrogen and oxygen atoms in total. The fraction of sp³-hybridized carbons (Fsp3) is 0.231. The number of hydrogen-bond acceptors (Lipinski definition) is 1. The maximum absolute atomic E-state index is 6.50. The van der Waals surface area contributed by atoms with Crippen LogP contribution in [0.25, 0.3) is 0 Å². The molecule has 1 heterocycles. The summed E-state index contributed by atoms with van der Waals surface area (Å²) in [6, 6.07) is 8.50. The quantitative estimate of drug-likeness (QED) is 0.646. The van der Waals surface area contributed by atoms with Gasteiger partial charge < -0.3 is 0 Å². The van der Waals surface area contributed by atoms with Gasteiger partial charge in [0, 0.05) is 9.35 Å². The highest BCUT2D eigenvalue weighted by Crippen LogP contribution is 2.37. The van der Waals surface area contributed by atoms with Crippen molar-refractivity contribution >= 4 is 38.9 Å². The lowest BCUT2D eigenvalue weighted by molar-refractivity contribution is 1.15. The van der Waals surface area contributed by atoms with Crippen molar-refractivity contribution in [3.05, 3.63) is 55.7 Å². The standard InChI is InChI=1S/C13H12BrClS/c1-8-5-9(2)7-10(6-8)12(15)13-11(14)3-4-16-13/h3-7,12H,1-2H3. The van der Waals surface area contributed by atoms with E-state index in [1.165, 1.54) is 21.6 Å². The van der Waals surface area contributed by atoms with Gasteiger partial charge in [-0.2, -0.15) is 0 Å². The molecule has 1 aromatic carbocycles. The van der Waals surface area contributed by atoms with Gasteiger partial charge in [-0.1, -0.05) is 29.3 Å². The van der Waals surface area contributed by atoms with Gasteiger partial charge in [-0.15, -0.1) is 22.9 Å². The first-order valence-electron chi connectivity index (χ1n) is 5.03. The maximum atomic E-state index is 6.50. The van der Waals surface area contributed by atoms with E-state index in [9.17, 15) is 0 Å². The van der Waals surface area contributed by atoms with Crippen LogP contribution in [0, 0.1) is 13.8 Å². The molecule has 0 aliphatic carbocycles. The molecule has 0 bridgehead atoms. The first-order valence-corrected chi connectivity index (χ1v) is 7.14. The van der Waals surface area contributed by atoms with Gasteiger partial charge >= 0.3 is 0 Å². The Bertz CT molecular complexity index is 484. The third kappa shape index (κ3) is 2.50. The molecular weight excluding hydrogens is 304 g/mol. The van der Waals surface area contributed by atoms with E-state index in [1.54, 1.807) is 11.3 Å². The highest BCUT2D eigenvalue weighted by Gasteiger charge is 2.15. The fourth-order valence-corrected chi connectivity index (χ4v) is 3.93. The summed E-state index contributed by atoms with van der Waals surface area (Å²) in [5.41, 5.74) is 3.68. The monoisotopic (exact) mass is 314 g/mol. The normalized spacial score (nSPS) is 12.8. The number of alkyl halides is 1. The van der Waals surface area contributed by atoms with Crippen molar-refractivity contribution in [2.75, 3.05) is 0 Å². The van der Waals surface area contributed by atoms with Gasteiger partial charge in [-0.25, -0.2) is 0 Å². The Morgan fingerprint density at radius 3 is 2.31 bits per heavy atom. The van der Waals surface area contributed by atoms with Gasteiger partial charge in [-0.3, -0.25) is 0 Å². The minimum atomic E-state index is -0.0621. The second kappa shape index (κ2) is 4.91. The van der Waals surface area contributed by atoms with Crippen LogP contribution in [0.15, 0.2) is 34.1 Å².